The summed E-state index contributed by atoms with van der Waals surface area (Å²) in [5.74, 6) is 1.27. The number of benzene rings is 2. The second-order valence-corrected chi connectivity index (χ2v) is 7.82. The highest BCUT2D eigenvalue weighted by Gasteiger charge is 2.20. The van der Waals surface area contributed by atoms with E-state index in [9.17, 15) is 8.42 Å². The molecular formula is C18H25ClN2O3S. The lowest BCUT2D eigenvalue weighted by atomic mass is 10.1. The maximum absolute atomic E-state index is 12.7. The summed E-state index contributed by atoms with van der Waals surface area (Å²) in [6.07, 6.45) is 1.98. The molecule has 3 rings (SSSR count). The van der Waals surface area contributed by atoms with Crippen molar-refractivity contribution >= 4 is 33.2 Å². The zero-order valence-electron chi connectivity index (χ0n) is 14.3. The van der Waals surface area contributed by atoms with Gasteiger partial charge in [-0.25, -0.2) is 13.1 Å². The van der Waals surface area contributed by atoms with E-state index < -0.39 is 10.0 Å². The first-order valence-electron chi connectivity index (χ1n) is 8.46. The molecule has 1 aliphatic rings. The number of ether oxygens (including phenoxy) is 1. The Hall–Kier alpha value is -1.34. The van der Waals surface area contributed by atoms with Gasteiger partial charge in [-0.05, 0) is 50.9 Å². The number of hydrogen-bond donors (Lipinski definition) is 2. The molecular weight excluding hydrogens is 360 g/mol. The van der Waals surface area contributed by atoms with Crippen molar-refractivity contribution in [2.24, 2.45) is 5.92 Å². The first-order valence-corrected chi connectivity index (χ1v) is 9.95. The van der Waals surface area contributed by atoms with Crippen LogP contribution in [0.4, 0.5) is 0 Å². The fourth-order valence-electron chi connectivity index (χ4n) is 3.20. The van der Waals surface area contributed by atoms with Gasteiger partial charge >= 0.3 is 0 Å². The van der Waals surface area contributed by atoms with Gasteiger partial charge in [-0.1, -0.05) is 24.3 Å². The first-order chi connectivity index (χ1) is 11.6. The van der Waals surface area contributed by atoms with Crippen LogP contribution in [0.5, 0.6) is 5.75 Å². The van der Waals surface area contributed by atoms with Crippen LogP contribution in [0.1, 0.15) is 19.8 Å². The van der Waals surface area contributed by atoms with Gasteiger partial charge in [0.2, 0.25) is 10.0 Å². The Morgan fingerprint density at radius 2 is 1.96 bits per heavy atom. The molecule has 7 heteroatoms. The van der Waals surface area contributed by atoms with E-state index in [1.807, 2.05) is 31.2 Å². The summed E-state index contributed by atoms with van der Waals surface area (Å²) >= 11 is 0. The Bertz CT molecular complexity index is 805. The SMILES string of the molecule is CCOc1ccc(S(=O)(=O)NCCC2CCNC2)c2ccccc12.Cl. The van der Waals surface area contributed by atoms with E-state index in [1.54, 1.807) is 12.1 Å². The van der Waals surface area contributed by atoms with Crippen molar-refractivity contribution in [3.05, 3.63) is 36.4 Å². The minimum atomic E-state index is -3.54. The first kappa shape index (κ1) is 20.0. The average Bonchev–Trinajstić information content (AvgIpc) is 3.08. The molecule has 2 aromatic rings. The third kappa shape index (κ3) is 4.64. The lowest BCUT2D eigenvalue weighted by Gasteiger charge is -2.14. The highest BCUT2D eigenvalue weighted by atomic mass is 35.5. The van der Waals surface area contributed by atoms with Crippen LogP contribution < -0.4 is 14.8 Å². The number of hydrogen-bond acceptors (Lipinski definition) is 4. The van der Waals surface area contributed by atoms with Crippen molar-refractivity contribution in [3.63, 3.8) is 0 Å². The maximum Gasteiger partial charge on any atom is 0.241 e. The van der Waals surface area contributed by atoms with Gasteiger partial charge < -0.3 is 10.1 Å². The second-order valence-electron chi connectivity index (χ2n) is 6.09. The summed E-state index contributed by atoms with van der Waals surface area (Å²) in [4.78, 5) is 0.311. The van der Waals surface area contributed by atoms with Gasteiger partial charge in [0.25, 0.3) is 0 Å². The summed E-state index contributed by atoms with van der Waals surface area (Å²) in [6, 6.07) is 10.8. The Morgan fingerprint density at radius 3 is 2.64 bits per heavy atom. The molecule has 0 aliphatic carbocycles. The van der Waals surface area contributed by atoms with Crippen molar-refractivity contribution in [1.29, 1.82) is 0 Å². The molecule has 2 N–H and O–H groups in total. The topological polar surface area (TPSA) is 67.4 Å². The third-order valence-electron chi connectivity index (χ3n) is 4.44. The quantitative estimate of drug-likeness (QED) is 0.770. The lowest BCUT2D eigenvalue weighted by Crippen LogP contribution is -2.26. The molecule has 138 valence electrons. The number of nitrogens with one attached hydrogen (secondary N) is 2. The van der Waals surface area contributed by atoms with Crippen molar-refractivity contribution in [3.8, 4) is 5.75 Å². The van der Waals surface area contributed by atoms with E-state index in [4.69, 9.17) is 4.74 Å². The predicted octanol–water partition coefficient (Wildman–Crippen LogP) is 2.94. The van der Waals surface area contributed by atoms with Gasteiger partial charge in [0.1, 0.15) is 5.75 Å². The van der Waals surface area contributed by atoms with Crippen molar-refractivity contribution in [2.45, 2.75) is 24.7 Å². The molecule has 0 amide bonds. The van der Waals surface area contributed by atoms with E-state index in [-0.39, 0.29) is 12.4 Å². The summed E-state index contributed by atoms with van der Waals surface area (Å²) in [5.41, 5.74) is 0. The fourth-order valence-corrected chi connectivity index (χ4v) is 4.45. The lowest BCUT2D eigenvalue weighted by molar-refractivity contribution is 0.344. The van der Waals surface area contributed by atoms with Crippen LogP contribution in [-0.2, 0) is 10.0 Å². The normalized spacial score (nSPS) is 17.4. The van der Waals surface area contributed by atoms with Crippen molar-refractivity contribution in [2.75, 3.05) is 26.2 Å². The molecule has 0 spiro atoms. The Morgan fingerprint density at radius 1 is 1.20 bits per heavy atom. The molecule has 1 aliphatic heterocycles. The molecule has 1 fully saturated rings. The van der Waals surface area contributed by atoms with Crippen LogP contribution in [-0.4, -0.2) is 34.7 Å². The highest BCUT2D eigenvalue weighted by molar-refractivity contribution is 7.89. The molecule has 1 heterocycles. The maximum atomic E-state index is 12.7. The van der Waals surface area contributed by atoms with Crippen LogP contribution in [0.3, 0.4) is 0 Å². The Balaban J connectivity index is 0.00000225. The summed E-state index contributed by atoms with van der Waals surface area (Å²) in [6.45, 7) is 4.94. The zero-order valence-corrected chi connectivity index (χ0v) is 16.0. The molecule has 0 bridgehead atoms. The molecule has 1 unspecified atom stereocenters. The van der Waals surface area contributed by atoms with E-state index in [2.05, 4.69) is 10.0 Å². The van der Waals surface area contributed by atoms with E-state index in [1.165, 1.54) is 0 Å². The number of sulfonamides is 1. The average molecular weight is 385 g/mol. The molecule has 25 heavy (non-hydrogen) atoms. The van der Waals surface area contributed by atoms with Crippen LogP contribution >= 0.6 is 12.4 Å². The molecule has 2 aromatic carbocycles. The van der Waals surface area contributed by atoms with Gasteiger partial charge in [0.15, 0.2) is 0 Å². The smallest absolute Gasteiger partial charge is 0.241 e. The van der Waals surface area contributed by atoms with Gasteiger partial charge in [-0.15, -0.1) is 12.4 Å². The Kier molecular flexibility index (Phi) is 7.07. The molecule has 1 atom stereocenters. The fraction of sp³-hybridized carbons (Fsp3) is 0.444. The van der Waals surface area contributed by atoms with Crippen molar-refractivity contribution in [1.82, 2.24) is 10.0 Å². The number of rotatable bonds is 7. The monoisotopic (exact) mass is 384 g/mol. The van der Waals surface area contributed by atoms with Gasteiger partial charge in [-0.3, -0.25) is 0 Å². The van der Waals surface area contributed by atoms with Gasteiger partial charge in [-0.2, -0.15) is 0 Å². The van der Waals surface area contributed by atoms with Gasteiger partial charge in [0.05, 0.1) is 11.5 Å². The second kappa shape index (κ2) is 8.85. The van der Waals surface area contributed by atoms with Crippen LogP contribution in [0.2, 0.25) is 0 Å². The predicted molar refractivity (Wildman–Crippen MR) is 103 cm³/mol. The van der Waals surface area contributed by atoms with E-state index in [0.29, 0.717) is 35.1 Å². The summed E-state index contributed by atoms with van der Waals surface area (Å²) < 4.78 is 33.8. The highest BCUT2D eigenvalue weighted by Crippen LogP contribution is 2.31. The number of halogens is 1. The van der Waals surface area contributed by atoms with Crippen molar-refractivity contribution < 1.29 is 13.2 Å². The Labute approximate surface area is 155 Å². The zero-order chi connectivity index (χ0) is 17.0. The standard InChI is InChI=1S/C18H24N2O3S.ClH/c1-2-23-17-7-8-18(16-6-4-3-5-15(16)17)24(21,22)20-12-10-14-9-11-19-13-14;/h3-8,14,19-20H,2,9-13H2,1H3;1H. The van der Waals surface area contributed by atoms with Crippen LogP contribution in [0.15, 0.2) is 41.3 Å². The summed E-state index contributed by atoms with van der Waals surface area (Å²) in [7, 11) is -3.54. The van der Waals surface area contributed by atoms with Crippen LogP contribution in [0.25, 0.3) is 10.8 Å². The third-order valence-corrected chi connectivity index (χ3v) is 5.96. The molecule has 1 saturated heterocycles. The molecule has 0 saturated carbocycles. The largest absolute Gasteiger partial charge is 0.493 e. The van der Waals surface area contributed by atoms with E-state index >= 15 is 0 Å². The molecule has 0 aromatic heterocycles. The molecule has 0 radical (unpaired) electrons. The van der Waals surface area contributed by atoms with E-state index in [0.717, 1.165) is 31.3 Å². The minimum Gasteiger partial charge on any atom is -0.493 e. The summed E-state index contributed by atoms with van der Waals surface area (Å²) in [5, 5.41) is 4.82. The minimum absolute atomic E-state index is 0. The van der Waals surface area contributed by atoms with Gasteiger partial charge in [0, 0.05) is 17.3 Å². The number of fused-ring (bicyclic) bond motifs is 1. The molecule has 5 nitrogen and oxygen atoms in total. The van der Waals surface area contributed by atoms with Crippen LogP contribution in [0, 0.1) is 5.92 Å².